The largest absolute Gasteiger partial charge is 0.350 e. The molecule has 0 bridgehead atoms. The number of thiocarbonyl (C=S) groups is 1. The predicted octanol–water partition coefficient (Wildman–Crippen LogP) is 2.03. The Hall–Kier alpha value is -1.07. The number of nitrogens with one attached hydrogen (secondary N) is 1. The van der Waals surface area contributed by atoms with Crippen LogP contribution in [0.1, 0.15) is 6.42 Å². The van der Waals surface area contributed by atoms with Gasteiger partial charge in [-0.1, -0.05) is 18.2 Å². The van der Waals surface area contributed by atoms with Crippen LogP contribution in [-0.2, 0) is 4.79 Å². The fraction of sp³-hybridized carbons (Fsp3) is 0.333. The first kappa shape index (κ1) is 12.4. The average molecular weight is 266 g/mol. The summed E-state index contributed by atoms with van der Waals surface area (Å²) >= 11 is 6.95. The highest BCUT2D eigenvalue weighted by molar-refractivity contribution is 7.98. The van der Waals surface area contributed by atoms with Crippen molar-refractivity contribution in [1.82, 2.24) is 5.32 Å². The summed E-state index contributed by atoms with van der Waals surface area (Å²) in [6.45, 7) is 0. The zero-order valence-corrected chi connectivity index (χ0v) is 11.2. The molecule has 1 saturated heterocycles. The van der Waals surface area contributed by atoms with Crippen molar-refractivity contribution in [3.05, 3.63) is 30.3 Å². The number of nitrogens with zero attached hydrogens (tertiary/aromatic N) is 1. The second kappa shape index (κ2) is 5.51. The van der Waals surface area contributed by atoms with Crippen LogP contribution >= 0.6 is 24.0 Å². The lowest BCUT2D eigenvalue weighted by Gasteiger charge is -2.14. The van der Waals surface area contributed by atoms with E-state index in [1.165, 1.54) is 0 Å². The van der Waals surface area contributed by atoms with E-state index in [0.717, 1.165) is 17.9 Å². The number of carbonyl (C=O) groups is 1. The highest BCUT2D eigenvalue weighted by Gasteiger charge is 2.35. The molecule has 0 aromatic heterocycles. The molecule has 1 amide bonds. The number of para-hydroxylation sites is 1. The third-order valence-corrected chi connectivity index (χ3v) is 3.59. The molecule has 1 aromatic carbocycles. The SMILES string of the molecule is CSCC[C@@H]1NC(=S)N(c2ccccc2)C1=O. The summed E-state index contributed by atoms with van der Waals surface area (Å²) in [4.78, 5) is 13.8. The van der Waals surface area contributed by atoms with Gasteiger partial charge >= 0.3 is 0 Å². The number of rotatable bonds is 4. The van der Waals surface area contributed by atoms with Gasteiger partial charge < -0.3 is 5.32 Å². The summed E-state index contributed by atoms with van der Waals surface area (Å²) in [7, 11) is 0. The van der Waals surface area contributed by atoms with Crippen LogP contribution in [0.2, 0.25) is 0 Å². The van der Waals surface area contributed by atoms with Crippen LogP contribution in [0, 0.1) is 0 Å². The van der Waals surface area contributed by atoms with Crippen LogP contribution in [-0.4, -0.2) is 29.1 Å². The van der Waals surface area contributed by atoms with Crippen LogP contribution in [0.25, 0.3) is 0 Å². The first-order valence-corrected chi connectivity index (χ1v) is 7.22. The van der Waals surface area contributed by atoms with E-state index in [1.54, 1.807) is 16.7 Å². The molecule has 1 fully saturated rings. The number of benzene rings is 1. The van der Waals surface area contributed by atoms with Crippen LogP contribution in [0.5, 0.6) is 0 Å². The van der Waals surface area contributed by atoms with Gasteiger partial charge in [-0.05, 0) is 42.8 Å². The van der Waals surface area contributed by atoms with Gasteiger partial charge in [0.05, 0.1) is 5.69 Å². The maximum absolute atomic E-state index is 12.2. The highest BCUT2D eigenvalue weighted by atomic mass is 32.2. The zero-order valence-electron chi connectivity index (χ0n) is 9.55. The molecule has 0 radical (unpaired) electrons. The standard InChI is InChI=1S/C12H14N2OS2/c1-17-8-7-10-11(15)14(12(16)13-10)9-5-3-2-4-6-9/h2-6,10H,7-8H2,1H3,(H,13,16)/t10-/m0/s1. The van der Waals surface area contributed by atoms with Crippen molar-refractivity contribution in [2.24, 2.45) is 0 Å². The Balaban J connectivity index is 2.15. The van der Waals surface area contributed by atoms with E-state index >= 15 is 0 Å². The Morgan fingerprint density at radius 2 is 2.12 bits per heavy atom. The quantitative estimate of drug-likeness (QED) is 0.845. The molecule has 90 valence electrons. The number of anilines is 1. The van der Waals surface area contributed by atoms with Gasteiger partial charge in [0, 0.05) is 0 Å². The van der Waals surface area contributed by atoms with Crippen molar-refractivity contribution in [3.8, 4) is 0 Å². The van der Waals surface area contributed by atoms with Gasteiger partial charge in [0.25, 0.3) is 5.91 Å². The molecular weight excluding hydrogens is 252 g/mol. The molecule has 1 aliphatic heterocycles. The van der Waals surface area contributed by atoms with Gasteiger partial charge in [-0.2, -0.15) is 11.8 Å². The van der Waals surface area contributed by atoms with E-state index < -0.39 is 0 Å². The number of thioether (sulfide) groups is 1. The third kappa shape index (κ3) is 2.61. The molecule has 1 aliphatic rings. The van der Waals surface area contributed by atoms with Crippen molar-refractivity contribution in [1.29, 1.82) is 0 Å². The van der Waals surface area contributed by atoms with Gasteiger partial charge in [0.2, 0.25) is 0 Å². The Kier molecular flexibility index (Phi) is 4.02. The molecule has 0 spiro atoms. The Bertz CT molecular complexity index is 422. The molecule has 5 heteroatoms. The van der Waals surface area contributed by atoms with Gasteiger partial charge in [0.1, 0.15) is 6.04 Å². The van der Waals surface area contributed by atoms with Crippen molar-refractivity contribution in [3.63, 3.8) is 0 Å². The van der Waals surface area contributed by atoms with Gasteiger partial charge in [-0.3, -0.25) is 9.69 Å². The molecule has 17 heavy (non-hydrogen) atoms. The average Bonchev–Trinajstić information content (AvgIpc) is 2.63. The zero-order chi connectivity index (χ0) is 12.3. The molecule has 3 nitrogen and oxygen atoms in total. The first-order chi connectivity index (χ1) is 8.24. The number of hydrogen-bond donors (Lipinski definition) is 1. The predicted molar refractivity (Wildman–Crippen MR) is 76.4 cm³/mol. The molecule has 1 aromatic rings. The Labute approximate surface area is 111 Å². The molecule has 2 rings (SSSR count). The molecule has 1 heterocycles. The lowest BCUT2D eigenvalue weighted by molar-refractivity contribution is -0.118. The topological polar surface area (TPSA) is 32.3 Å². The van der Waals surface area contributed by atoms with Crippen molar-refractivity contribution >= 4 is 40.7 Å². The Morgan fingerprint density at radius 1 is 1.41 bits per heavy atom. The van der Waals surface area contributed by atoms with E-state index in [1.807, 2.05) is 36.6 Å². The summed E-state index contributed by atoms with van der Waals surface area (Å²) in [5, 5.41) is 3.59. The lowest BCUT2D eigenvalue weighted by Crippen LogP contribution is -2.31. The van der Waals surface area contributed by atoms with E-state index in [0.29, 0.717) is 5.11 Å². The molecule has 1 N–H and O–H groups in total. The van der Waals surface area contributed by atoms with Gasteiger partial charge in [0.15, 0.2) is 5.11 Å². The maximum atomic E-state index is 12.2. The fourth-order valence-electron chi connectivity index (χ4n) is 1.78. The Morgan fingerprint density at radius 3 is 2.76 bits per heavy atom. The van der Waals surface area contributed by atoms with Crippen LogP contribution in [0.4, 0.5) is 5.69 Å². The highest BCUT2D eigenvalue weighted by Crippen LogP contribution is 2.20. The van der Waals surface area contributed by atoms with Crippen molar-refractivity contribution in [2.75, 3.05) is 16.9 Å². The van der Waals surface area contributed by atoms with Crippen LogP contribution in [0.15, 0.2) is 30.3 Å². The van der Waals surface area contributed by atoms with Gasteiger partial charge in [-0.25, -0.2) is 0 Å². The minimum Gasteiger partial charge on any atom is -0.350 e. The fourth-order valence-corrected chi connectivity index (χ4v) is 2.59. The lowest BCUT2D eigenvalue weighted by atomic mass is 10.2. The minimum atomic E-state index is -0.171. The van der Waals surface area contributed by atoms with E-state index in [2.05, 4.69) is 5.32 Å². The number of hydrogen-bond acceptors (Lipinski definition) is 3. The number of amides is 1. The summed E-state index contributed by atoms with van der Waals surface area (Å²) in [5.74, 6) is 1.00. The van der Waals surface area contributed by atoms with Gasteiger partial charge in [-0.15, -0.1) is 0 Å². The second-order valence-corrected chi connectivity index (χ2v) is 5.17. The molecule has 1 atom stereocenters. The maximum Gasteiger partial charge on any atom is 0.255 e. The van der Waals surface area contributed by atoms with E-state index in [-0.39, 0.29) is 11.9 Å². The van der Waals surface area contributed by atoms with Crippen molar-refractivity contribution < 1.29 is 4.79 Å². The van der Waals surface area contributed by atoms with E-state index in [9.17, 15) is 4.79 Å². The molecule has 0 unspecified atom stereocenters. The smallest absolute Gasteiger partial charge is 0.255 e. The molecule has 0 aliphatic carbocycles. The van der Waals surface area contributed by atoms with Crippen LogP contribution < -0.4 is 10.2 Å². The monoisotopic (exact) mass is 266 g/mol. The first-order valence-electron chi connectivity index (χ1n) is 5.42. The number of carbonyl (C=O) groups excluding carboxylic acids is 1. The minimum absolute atomic E-state index is 0.0512. The third-order valence-electron chi connectivity index (χ3n) is 2.64. The normalized spacial score (nSPS) is 19.6. The molecule has 0 saturated carbocycles. The van der Waals surface area contributed by atoms with Crippen LogP contribution in [0.3, 0.4) is 0 Å². The summed E-state index contributed by atoms with van der Waals surface area (Å²) < 4.78 is 0. The summed E-state index contributed by atoms with van der Waals surface area (Å²) in [6.07, 6.45) is 2.84. The van der Waals surface area contributed by atoms with E-state index in [4.69, 9.17) is 12.2 Å². The van der Waals surface area contributed by atoms with Crippen molar-refractivity contribution in [2.45, 2.75) is 12.5 Å². The summed E-state index contributed by atoms with van der Waals surface area (Å²) in [6, 6.07) is 9.34. The molecular formula is C12H14N2OS2. The second-order valence-electron chi connectivity index (χ2n) is 3.79. The summed E-state index contributed by atoms with van der Waals surface area (Å²) in [5.41, 5.74) is 0.835.